The molecule has 0 aromatic heterocycles. The Balaban J connectivity index is 1.98. The molecule has 1 N–H and O–H groups in total. The molecule has 34 heavy (non-hydrogen) atoms. The summed E-state index contributed by atoms with van der Waals surface area (Å²) < 4.78 is 0. The van der Waals surface area contributed by atoms with Gasteiger partial charge >= 0.3 is 0 Å². The molecule has 0 aliphatic heterocycles. The molecule has 0 aliphatic carbocycles. The van der Waals surface area contributed by atoms with Crippen LogP contribution >= 0.6 is 23.2 Å². The van der Waals surface area contributed by atoms with Gasteiger partial charge in [-0.15, -0.1) is 0 Å². The highest BCUT2D eigenvalue weighted by atomic mass is 35.5. The normalized spacial score (nSPS) is 12.1. The molecular formula is C28H30Cl2N2O2. The highest BCUT2D eigenvalue weighted by Gasteiger charge is 2.32. The Labute approximate surface area is 211 Å². The predicted octanol–water partition coefficient (Wildman–Crippen LogP) is 6.09. The van der Waals surface area contributed by atoms with E-state index in [1.165, 1.54) is 0 Å². The van der Waals surface area contributed by atoms with Crippen molar-refractivity contribution in [3.8, 4) is 0 Å². The van der Waals surface area contributed by atoms with E-state index in [4.69, 9.17) is 23.2 Å². The van der Waals surface area contributed by atoms with E-state index in [0.717, 1.165) is 11.1 Å². The lowest BCUT2D eigenvalue weighted by molar-refractivity contribution is -0.141. The van der Waals surface area contributed by atoms with E-state index >= 15 is 0 Å². The molecule has 3 aromatic carbocycles. The van der Waals surface area contributed by atoms with Gasteiger partial charge in [-0.25, -0.2) is 0 Å². The third kappa shape index (κ3) is 7.61. The summed E-state index contributed by atoms with van der Waals surface area (Å²) >= 11 is 12.4. The zero-order chi connectivity index (χ0) is 24.7. The first-order valence-electron chi connectivity index (χ1n) is 11.3. The molecule has 4 nitrogen and oxygen atoms in total. The summed E-state index contributed by atoms with van der Waals surface area (Å²) in [5, 5.41) is 4.01. The topological polar surface area (TPSA) is 49.4 Å². The maximum Gasteiger partial charge on any atom is 0.243 e. The Bertz CT molecular complexity index is 1110. The quantitative estimate of drug-likeness (QED) is 0.410. The highest BCUT2D eigenvalue weighted by molar-refractivity contribution is 6.35. The van der Waals surface area contributed by atoms with Crippen LogP contribution in [0.1, 0.15) is 37.5 Å². The van der Waals surface area contributed by atoms with E-state index < -0.39 is 11.6 Å². The van der Waals surface area contributed by atoms with Crippen molar-refractivity contribution in [2.45, 2.75) is 51.7 Å². The number of hydrogen-bond donors (Lipinski definition) is 1. The highest BCUT2D eigenvalue weighted by Crippen LogP contribution is 2.23. The van der Waals surface area contributed by atoms with Crippen LogP contribution in [0.4, 0.5) is 0 Å². The van der Waals surface area contributed by atoms with Gasteiger partial charge in [0.25, 0.3) is 0 Å². The monoisotopic (exact) mass is 496 g/mol. The molecule has 178 valence electrons. The number of carbonyl (C=O) groups is 2. The van der Waals surface area contributed by atoms with Crippen molar-refractivity contribution in [3.05, 3.63) is 106 Å². The van der Waals surface area contributed by atoms with Crippen molar-refractivity contribution in [3.63, 3.8) is 0 Å². The minimum absolute atomic E-state index is 0.0664. The number of rotatable bonds is 8. The number of halogens is 2. The van der Waals surface area contributed by atoms with Crippen molar-refractivity contribution in [1.82, 2.24) is 10.2 Å². The predicted molar refractivity (Wildman–Crippen MR) is 139 cm³/mol. The van der Waals surface area contributed by atoms with Gasteiger partial charge in [0.2, 0.25) is 11.8 Å². The molecule has 0 aliphatic rings. The van der Waals surface area contributed by atoms with Gasteiger partial charge in [-0.05, 0) is 49.6 Å². The van der Waals surface area contributed by atoms with Crippen LogP contribution in [0.5, 0.6) is 0 Å². The molecule has 1 atom stereocenters. The van der Waals surface area contributed by atoms with E-state index in [1.807, 2.05) is 81.4 Å². The summed E-state index contributed by atoms with van der Waals surface area (Å²) in [6.45, 7) is 6.10. The standard InChI is InChI=1S/C28H30Cl2N2O2/c1-28(2,3)31-27(34)25(16-20-10-6-4-7-11-20)32(19-21-12-8-5-9-13-21)26(33)17-22-14-15-23(29)18-24(22)30/h4-15,18,25H,16-17,19H2,1-3H3,(H,31,34)/t25-/m1/s1. The van der Waals surface area contributed by atoms with Crippen LogP contribution in [0.15, 0.2) is 78.9 Å². The largest absolute Gasteiger partial charge is 0.350 e. The van der Waals surface area contributed by atoms with Crippen molar-refractivity contribution >= 4 is 35.0 Å². The van der Waals surface area contributed by atoms with Crippen LogP contribution in [-0.4, -0.2) is 28.3 Å². The third-order valence-corrected chi connectivity index (χ3v) is 5.91. The van der Waals surface area contributed by atoms with Crippen LogP contribution in [0.2, 0.25) is 10.0 Å². The maximum atomic E-state index is 13.7. The number of hydrogen-bond acceptors (Lipinski definition) is 2. The summed E-state index contributed by atoms with van der Waals surface area (Å²) in [4.78, 5) is 28.9. The van der Waals surface area contributed by atoms with Crippen LogP contribution in [0, 0.1) is 0 Å². The zero-order valence-corrected chi connectivity index (χ0v) is 21.2. The minimum atomic E-state index is -0.694. The lowest BCUT2D eigenvalue weighted by atomic mass is 10.00. The molecule has 3 aromatic rings. The van der Waals surface area contributed by atoms with Gasteiger partial charge in [0.05, 0.1) is 6.42 Å². The Morgan fingerprint density at radius 1 is 0.882 bits per heavy atom. The van der Waals surface area contributed by atoms with Gasteiger partial charge < -0.3 is 10.2 Å². The molecule has 0 spiro atoms. The van der Waals surface area contributed by atoms with E-state index in [-0.39, 0.29) is 18.2 Å². The van der Waals surface area contributed by atoms with E-state index in [0.29, 0.717) is 28.6 Å². The van der Waals surface area contributed by atoms with Crippen LogP contribution in [-0.2, 0) is 29.0 Å². The fraction of sp³-hybridized carbons (Fsp3) is 0.286. The van der Waals surface area contributed by atoms with Crippen LogP contribution < -0.4 is 5.32 Å². The molecular weight excluding hydrogens is 467 g/mol. The van der Waals surface area contributed by atoms with E-state index in [9.17, 15) is 9.59 Å². The molecule has 0 radical (unpaired) electrons. The third-order valence-electron chi connectivity index (χ3n) is 5.32. The fourth-order valence-electron chi connectivity index (χ4n) is 3.72. The van der Waals surface area contributed by atoms with Gasteiger partial charge in [0.15, 0.2) is 0 Å². The lowest BCUT2D eigenvalue weighted by Gasteiger charge is -2.34. The lowest BCUT2D eigenvalue weighted by Crippen LogP contribution is -2.54. The SMILES string of the molecule is CC(C)(C)NC(=O)[C@@H](Cc1ccccc1)N(Cc1ccccc1)C(=O)Cc1ccc(Cl)cc1Cl. The van der Waals surface area contributed by atoms with Gasteiger partial charge in [0, 0.05) is 28.5 Å². The Hall–Kier alpha value is -2.82. The second kappa shape index (κ2) is 11.5. The number of nitrogens with one attached hydrogen (secondary N) is 1. The number of nitrogens with zero attached hydrogens (tertiary/aromatic N) is 1. The first kappa shape index (κ1) is 25.8. The van der Waals surface area contributed by atoms with E-state index in [1.54, 1.807) is 23.1 Å². The molecule has 3 rings (SSSR count). The number of amides is 2. The van der Waals surface area contributed by atoms with Crippen molar-refractivity contribution in [1.29, 1.82) is 0 Å². The average molecular weight is 497 g/mol. The van der Waals surface area contributed by atoms with Crippen LogP contribution in [0.25, 0.3) is 0 Å². The molecule has 6 heteroatoms. The molecule has 0 heterocycles. The fourth-order valence-corrected chi connectivity index (χ4v) is 4.19. The second-order valence-electron chi connectivity index (χ2n) is 9.36. The van der Waals surface area contributed by atoms with Crippen molar-refractivity contribution in [2.75, 3.05) is 0 Å². The average Bonchev–Trinajstić information content (AvgIpc) is 2.78. The zero-order valence-electron chi connectivity index (χ0n) is 19.7. The molecule has 2 amide bonds. The second-order valence-corrected chi connectivity index (χ2v) is 10.2. The number of benzene rings is 3. The number of carbonyl (C=O) groups excluding carboxylic acids is 2. The van der Waals surface area contributed by atoms with E-state index in [2.05, 4.69) is 5.32 Å². The molecule has 0 saturated heterocycles. The first-order chi connectivity index (χ1) is 16.1. The summed E-state index contributed by atoms with van der Waals surface area (Å²) in [5.41, 5.74) is 2.16. The maximum absolute atomic E-state index is 13.7. The Morgan fingerprint density at radius 3 is 2.03 bits per heavy atom. The summed E-state index contributed by atoms with van der Waals surface area (Å²) in [6.07, 6.45) is 0.465. The van der Waals surface area contributed by atoms with Crippen molar-refractivity contribution < 1.29 is 9.59 Å². The van der Waals surface area contributed by atoms with Gasteiger partial charge in [-0.3, -0.25) is 9.59 Å². The Morgan fingerprint density at radius 2 is 1.47 bits per heavy atom. The summed E-state index contributed by atoms with van der Waals surface area (Å²) in [7, 11) is 0. The van der Waals surface area contributed by atoms with Gasteiger partial charge in [0.1, 0.15) is 6.04 Å². The molecule has 0 fully saturated rings. The van der Waals surface area contributed by atoms with Crippen LogP contribution in [0.3, 0.4) is 0 Å². The van der Waals surface area contributed by atoms with Gasteiger partial charge in [-0.2, -0.15) is 0 Å². The van der Waals surface area contributed by atoms with Crippen molar-refractivity contribution in [2.24, 2.45) is 0 Å². The minimum Gasteiger partial charge on any atom is -0.350 e. The van der Waals surface area contributed by atoms with Gasteiger partial charge in [-0.1, -0.05) is 89.9 Å². The first-order valence-corrected chi connectivity index (χ1v) is 12.0. The summed E-state index contributed by atoms with van der Waals surface area (Å²) in [5.74, 6) is -0.374. The molecule has 0 unspecified atom stereocenters. The molecule has 0 bridgehead atoms. The Kier molecular flexibility index (Phi) is 8.76. The molecule has 0 saturated carbocycles. The smallest absolute Gasteiger partial charge is 0.243 e. The summed E-state index contributed by atoms with van der Waals surface area (Å²) in [6, 6.07) is 23.8.